The molecule has 124 valence electrons. The van der Waals surface area contributed by atoms with E-state index in [2.05, 4.69) is 10.3 Å². The Morgan fingerprint density at radius 2 is 2.08 bits per heavy atom. The van der Waals surface area contributed by atoms with Crippen LogP contribution in [0.2, 0.25) is 10.0 Å². The SMILES string of the molecule is Nc1cc2c(cn1)CC1CCC2N1C(=O)Nc1ccc(Cl)c(Cl)c1. The second-order valence-electron chi connectivity index (χ2n) is 6.23. The van der Waals surface area contributed by atoms with Crippen LogP contribution in [0.4, 0.5) is 16.3 Å². The van der Waals surface area contributed by atoms with Gasteiger partial charge >= 0.3 is 6.03 Å². The van der Waals surface area contributed by atoms with E-state index in [1.807, 2.05) is 17.2 Å². The Kier molecular flexibility index (Phi) is 3.77. The number of anilines is 2. The molecule has 1 fully saturated rings. The number of aromatic nitrogens is 1. The van der Waals surface area contributed by atoms with Crippen LogP contribution in [0.25, 0.3) is 0 Å². The molecule has 2 amide bonds. The smallest absolute Gasteiger partial charge is 0.322 e. The van der Waals surface area contributed by atoms with Gasteiger partial charge in [-0.3, -0.25) is 0 Å². The first kappa shape index (κ1) is 15.5. The van der Waals surface area contributed by atoms with Crippen molar-refractivity contribution in [2.24, 2.45) is 0 Å². The van der Waals surface area contributed by atoms with Crippen LogP contribution in [0.5, 0.6) is 0 Å². The summed E-state index contributed by atoms with van der Waals surface area (Å²) in [5.74, 6) is 0.490. The number of amides is 2. The molecular weight excluding hydrogens is 347 g/mol. The van der Waals surface area contributed by atoms with Crippen molar-refractivity contribution in [3.8, 4) is 0 Å². The Labute approximate surface area is 149 Å². The third kappa shape index (κ3) is 2.58. The Bertz CT molecular complexity index is 826. The van der Waals surface area contributed by atoms with Gasteiger partial charge in [-0.1, -0.05) is 23.2 Å². The number of nitrogen functional groups attached to an aromatic ring is 1. The molecule has 1 saturated heterocycles. The highest BCUT2D eigenvalue weighted by Gasteiger charge is 2.42. The lowest BCUT2D eigenvalue weighted by molar-refractivity contribution is 0.179. The molecule has 24 heavy (non-hydrogen) atoms. The van der Waals surface area contributed by atoms with Crippen molar-refractivity contribution in [3.63, 3.8) is 0 Å². The molecule has 3 N–H and O–H groups in total. The second kappa shape index (κ2) is 5.83. The van der Waals surface area contributed by atoms with Crippen LogP contribution in [-0.2, 0) is 6.42 Å². The summed E-state index contributed by atoms with van der Waals surface area (Å²) in [6, 6.07) is 7.08. The third-order valence-electron chi connectivity index (χ3n) is 4.77. The van der Waals surface area contributed by atoms with Crippen molar-refractivity contribution in [1.29, 1.82) is 0 Å². The number of carbonyl (C=O) groups excluding carboxylic acids is 1. The molecule has 2 atom stereocenters. The monoisotopic (exact) mass is 362 g/mol. The van der Waals surface area contributed by atoms with Crippen molar-refractivity contribution in [1.82, 2.24) is 9.88 Å². The van der Waals surface area contributed by atoms with Crippen molar-refractivity contribution in [3.05, 3.63) is 51.6 Å². The van der Waals surface area contributed by atoms with Gasteiger partial charge in [0.05, 0.1) is 16.1 Å². The molecule has 0 saturated carbocycles. The van der Waals surface area contributed by atoms with E-state index in [0.29, 0.717) is 21.6 Å². The van der Waals surface area contributed by atoms with Crippen LogP contribution >= 0.6 is 23.2 Å². The fourth-order valence-electron chi connectivity index (χ4n) is 3.71. The summed E-state index contributed by atoms with van der Waals surface area (Å²) < 4.78 is 0. The first-order valence-electron chi connectivity index (χ1n) is 7.81. The van der Waals surface area contributed by atoms with Crippen LogP contribution in [0.15, 0.2) is 30.5 Å². The maximum absolute atomic E-state index is 12.8. The summed E-state index contributed by atoms with van der Waals surface area (Å²) >= 11 is 11.9. The first-order chi connectivity index (χ1) is 11.5. The number of rotatable bonds is 1. The van der Waals surface area contributed by atoms with Gasteiger partial charge < -0.3 is 16.0 Å². The van der Waals surface area contributed by atoms with Crippen LogP contribution in [-0.4, -0.2) is 22.0 Å². The Morgan fingerprint density at radius 1 is 1.25 bits per heavy atom. The van der Waals surface area contributed by atoms with E-state index in [-0.39, 0.29) is 18.1 Å². The average molecular weight is 363 g/mol. The lowest BCUT2D eigenvalue weighted by Gasteiger charge is -2.36. The van der Waals surface area contributed by atoms with Gasteiger partial charge in [0.2, 0.25) is 0 Å². The minimum absolute atomic E-state index is 0.0480. The van der Waals surface area contributed by atoms with Gasteiger partial charge in [0.25, 0.3) is 0 Å². The van der Waals surface area contributed by atoms with E-state index >= 15 is 0 Å². The lowest BCUT2D eigenvalue weighted by Crippen LogP contribution is -2.44. The van der Waals surface area contributed by atoms with E-state index < -0.39 is 0 Å². The molecule has 1 aromatic heterocycles. The predicted molar refractivity (Wildman–Crippen MR) is 95.4 cm³/mol. The molecular formula is C17H16Cl2N4O. The topological polar surface area (TPSA) is 71.2 Å². The third-order valence-corrected chi connectivity index (χ3v) is 5.51. The molecule has 2 aliphatic rings. The summed E-state index contributed by atoms with van der Waals surface area (Å²) in [6.07, 6.45) is 4.57. The Hall–Kier alpha value is -1.98. The summed E-state index contributed by atoms with van der Waals surface area (Å²) in [4.78, 5) is 18.9. The van der Waals surface area contributed by atoms with Gasteiger partial charge in [0, 0.05) is 17.9 Å². The highest BCUT2D eigenvalue weighted by molar-refractivity contribution is 6.42. The van der Waals surface area contributed by atoms with E-state index in [1.165, 1.54) is 5.56 Å². The quantitative estimate of drug-likeness (QED) is 0.795. The van der Waals surface area contributed by atoms with Crippen LogP contribution in [0, 0.1) is 0 Å². The van der Waals surface area contributed by atoms with E-state index in [4.69, 9.17) is 28.9 Å². The zero-order valence-corrected chi connectivity index (χ0v) is 14.3. The molecule has 0 aliphatic carbocycles. The summed E-state index contributed by atoms with van der Waals surface area (Å²) in [5, 5.41) is 3.80. The molecule has 3 heterocycles. The minimum Gasteiger partial charge on any atom is -0.384 e. The number of pyridine rings is 1. The van der Waals surface area contributed by atoms with Gasteiger partial charge in [-0.2, -0.15) is 0 Å². The van der Waals surface area contributed by atoms with Crippen molar-refractivity contribution < 1.29 is 4.79 Å². The fourth-order valence-corrected chi connectivity index (χ4v) is 4.01. The summed E-state index contributed by atoms with van der Waals surface area (Å²) in [6.45, 7) is 0. The van der Waals surface area contributed by atoms with E-state index in [9.17, 15) is 4.79 Å². The molecule has 2 aliphatic heterocycles. The van der Waals surface area contributed by atoms with E-state index in [1.54, 1.807) is 18.2 Å². The molecule has 2 bridgehead atoms. The number of carbonyl (C=O) groups is 1. The minimum atomic E-state index is -0.123. The van der Waals surface area contributed by atoms with Crippen LogP contribution < -0.4 is 11.1 Å². The maximum Gasteiger partial charge on any atom is 0.322 e. The number of hydrogen-bond acceptors (Lipinski definition) is 3. The highest BCUT2D eigenvalue weighted by Crippen LogP contribution is 2.44. The van der Waals surface area contributed by atoms with Crippen molar-refractivity contribution in [2.75, 3.05) is 11.1 Å². The lowest BCUT2D eigenvalue weighted by atomic mass is 9.95. The number of benzene rings is 1. The molecule has 4 rings (SSSR count). The number of hydrogen-bond donors (Lipinski definition) is 2. The predicted octanol–water partition coefficient (Wildman–Crippen LogP) is 4.26. The number of fused-ring (bicyclic) bond motifs is 4. The molecule has 2 aromatic rings. The van der Waals surface area contributed by atoms with Crippen LogP contribution in [0.1, 0.15) is 30.0 Å². The molecule has 5 nitrogen and oxygen atoms in total. The number of nitrogens with one attached hydrogen (secondary N) is 1. The number of halogens is 2. The van der Waals surface area contributed by atoms with Gasteiger partial charge in [-0.15, -0.1) is 0 Å². The van der Waals surface area contributed by atoms with Crippen molar-refractivity contribution in [2.45, 2.75) is 31.3 Å². The average Bonchev–Trinajstić information content (AvgIpc) is 2.88. The maximum atomic E-state index is 12.8. The van der Waals surface area contributed by atoms with Gasteiger partial charge in [0.15, 0.2) is 0 Å². The Balaban J connectivity index is 1.60. The van der Waals surface area contributed by atoms with Gasteiger partial charge in [-0.05, 0) is 54.7 Å². The van der Waals surface area contributed by atoms with Crippen LogP contribution in [0.3, 0.4) is 0 Å². The molecule has 0 spiro atoms. The first-order valence-corrected chi connectivity index (χ1v) is 8.57. The van der Waals surface area contributed by atoms with Gasteiger partial charge in [-0.25, -0.2) is 9.78 Å². The standard InChI is InChI=1S/C17H16Cl2N4O/c18-13-3-1-10(6-14(13)19)22-17(24)23-11-2-4-15(23)12-7-16(20)21-8-9(12)5-11/h1,3,6-8,11,15H,2,4-5H2,(H2,20,21)(H,22,24). The fraction of sp³-hybridized carbons (Fsp3) is 0.294. The summed E-state index contributed by atoms with van der Waals surface area (Å²) in [7, 11) is 0. The number of urea groups is 1. The Morgan fingerprint density at radius 3 is 2.88 bits per heavy atom. The molecule has 1 aromatic carbocycles. The summed E-state index contributed by atoms with van der Waals surface area (Å²) in [5.41, 5.74) is 8.77. The zero-order chi connectivity index (χ0) is 16.8. The van der Waals surface area contributed by atoms with Crippen molar-refractivity contribution >= 4 is 40.7 Å². The largest absolute Gasteiger partial charge is 0.384 e. The second-order valence-corrected chi connectivity index (χ2v) is 7.04. The molecule has 7 heteroatoms. The normalized spacial score (nSPS) is 21.5. The molecule has 0 radical (unpaired) electrons. The van der Waals surface area contributed by atoms with Gasteiger partial charge in [0.1, 0.15) is 5.82 Å². The number of nitrogens with two attached hydrogens (primary N) is 1. The highest BCUT2D eigenvalue weighted by atomic mass is 35.5. The van der Waals surface area contributed by atoms with E-state index in [0.717, 1.165) is 24.8 Å². The molecule has 2 unspecified atom stereocenters. The number of nitrogens with zero attached hydrogens (tertiary/aromatic N) is 2. The zero-order valence-electron chi connectivity index (χ0n) is 12.8.